The lowest BCUT2D eigenvalue weighted by atomic mass is 9.81. The maximum absolute atomic E-state index is 4.65. The maximum atomic E-state index is 4.65. The molecule has 0 saturated carbocycles. The first-order valence-electron chi connectivity index (χ1n) is 22.9. The summed E-state index contributed by atoms with van der Waals surface area (Å²) in [4.78, 5) is 18.5. The predicted molar refractivity (Wildman–Crippen MR) is 274 cm³/mol. The molecule has 67 heavy (non-hydrogen) atoms. The number of aromatic nitrogens is 4. The minimum absolute atomic E-state index is 0.130. The van der Waals surface area contributed by atoms with Gasteiger partial charge in [0.15, 0.2) is 0 Å². The van der Waals surface area contributed by atoms with E-state index in [0.717, 1.165) is 55.7 Å². The van der Waals surface area contributed by atoms with Crippen molar-refractivity contribution in [2.45, 2.75) is 19.3 Å². The van der Waals surface area contributed by atoms with Gasteiger partial charge in [-0.25, -0.2) is 19.9 Å². The number of allylic oxidation sites excluding steroid dienone is 5. The quantitative estimate of drug-likeness (QED) is 0.160. The molecular weight excluding hydrogens is 813 g/mol. The summed E-state index contributed by atoms with van der Waals surface area (Å²) in [6.07, 6.45) is 11.0. The molecular formula is C63H42N4. The van der Waals surface area contributed by atoms with Gasteiger partial charge in [-0.1, -0.05) is 172 Å². The number of hydrogen-bond donors (Lipinski definition) is 0. The van der Waals surface area contributed by atoms with E-state index in [1.165, 1.54) is 77.6 Å². The molecule has 0 bridgehead atoms. The highest BCUT2D eigenvalue weighted by Gasteiger charge is 2.42. The van der Waals surface area contributed by atoms with E-state index in [9.17, 15) is 0 Å². The van der Waals surface area contributed by atoms with E-state index >= 15 is 0 Å². The van der Waals surface area contributed by atoms with Gasteiger partial charge in [0.2, 0.25) is 0 Å². The van der Waals surface area contributed by atoms with Crippen LogP contribution in [0, 0.1) is 0 Å². The summed E-state index contributed by atoms with van der Waals surface area (Å²) in [5.41, 5.74) is 25.5. The lowest BCUT2D eigenvalue weighted by Gasteiger charge is -2.22. The van der Waals surface area contributed by atoms with Crippen LogP contribution in [0.5, 0.6) is 0 Å². The van der Waals surface area contributed by atoms with Crippen molar-refractivity contribution < 1.29 is 0 Å². The molecule has 0 amide bonds. The van der Waals surface area contributed by atoms with Gasteiger partial charge in [0.1, 0.15) is 12.7 Å². The zero-order chi connectivity index (χ0) is 44.6. The first kappa shape index (κ1) is 38.8. The number of rotatable bonds is 7. The largest absolute Gasteiger partial charge is 0.244 e. The Balaban J connectivity index is 1.16. The molecule has 0 unspecified atom stereocenters. The Morgan fingerprint density at radius 3 is 1.52 bits per heavy atom. The Kier molecular flexibility index (Phi) is 8.84. The lowest BCUT2D eigenvalue weighted by molar-refractivity contribution is 0.660. The van der Waals surface area contributed by atoms with Gasteiger partial charge < -0.3 is 0 Å². The third-order valence-electron chi connectivity index (χ3n) is 14.2. The van der Waals surface area contributed by atoms with Gasteiger partial charge in [0.05, 0.1) is 0 Å². The first-order chi connectivity index (χ1) is 33.0. The third-order valence-corrected chi connectivity index (χ3v) is 14.2. The van der Waals surface area contributed by atoms with Crippen molar-refractivity contribution in [3.8, 4) is 44.5 Å². The highest BCUT2D eigenvalue weighted by Crippen LogP contribution is 2.63. The van der Waals surface area contributed by atoms with E-state index in [2.05, 4.69) is 216 Å². The van der Waals surface area contributed by atoms with Crippen molar-refractivity contribution in [1.29, 1.82) is 0 Å². The van der Waals surface area contributed by atoms with Crippen LogP contribution in [0.25, 0.3) is 83.1 Å². The van der Waals surface area contributed by atoms with Crippen molar-refractivity contribution in [3.05, 3.63) is 270 Å². The molecule has 0 fully saturated rings. The second kappa shape index (κ2) is 15.3. The summed E-state index contributed by atoms with van der Waals surface area (Å²) < 4.78 is 0. The Labute approximate surface area is 390 Å². The molecule has 3 aliphatic carbocycles. The summed E-state index contributed by atoms with van der Waals surface area (Å²) in [7, 11) is 0. The number of benzene rings is 8. The standard InChI is InChI=1S/C63H42N4/c1-63(2)55-26-12-11-24-49(55)52-30-44(27-28-56(52)63)57-53-32-51(43-22-13-21-42(29-43)48-25-14-20-39-17-9-10-23-47(39)48)50(40-15-5-3-6-16-40)31-54(53)61-58(41-18-7-4-8-19-41)59(45-33-64-37-65-34-45)60(62(57)61)46-35-66-38-67-36-46/h3-38H,1-2H3. The van der Waals surface area contributed by atoms with E-state index < -0.39 is 0 Å². The van der Waals surface area contributed by atoms with Crippen LogP contribution in [0.1, 0.15) is 58.4 Å². The van der Waals surface area contributed by atoms with Crippen molar-refractivity contribution >= 4 is 38.6 Å². The molecule has 4 nitrogen and oxygen atoms in total. The molecule has 0 aliphatic heterocycles. The SMILES string of the molecule is CC1(C)c2ccccc2-c2cc(C3=C4C(c5cncnc5)=C(c5cncnc5)C(c5ccccc5)=C4c4cc(-c5ccccc5)c(-c5cccc(-c6cccc7ccccc67)c5)cc43)ccc21. The third kappa shape index (κ3) is 6.07. The van der Waals surface area contributed by atoms with Crippen LogP contribution in [0.3, 0.4) is 0 Å². The van der Waals surface area contributed by atoms with E-state index in [-0.39, 0.29) is 5.41 Å². The Bertz CT molecular complexity index is 3730. The van der Waals surface area contributed by atoms with Gasteiger partial charge in [-0.2, -0.15) is 0 Å². The van der Waals surface area contributed by atoms with Crippen molar-refractivity contribution in [1.82, 2.24) is 19.9 Å². The van der Waals surface area contributed by atoms with Crippen LogP contribution in [-0.2, 0) is 5.41 Å². The van der Waals surface area contributed by atoms with Crippen LogP contribution in [-0.4, -0.2) is 19.9 Å². The summed E-state index contributed by atoms with van der Waals surface area (Å²) >= 11 is 0. The van der Waals surface area contributed by atoms with Crippen LogP contribution in [0.15, 0.2) is 225 Å². The van der Waals surface area contributed by atoms with Crippen LogP contribution in [0.4, 0.5) is 0 Å². The maximum Gasteiger partial charge on any atom is 0.115 e. The Hall–Kier alpha value is -8.60. The molecule has 314 valence electrons. The fourth-order valence-electron chi connectivity index (χ4n) is 11.2. The van der Waals surface area contributed by atoms with Gasteiger partial charge in [-0.3, -0.25) is 0 Å². The van der Waals surface area contributed by atoms with E-state index in [4.69, 9.17) is 0 Å². The molecule has 0 radical (unpaired) electrons. The van der Waals surface area contributed by atoms with Gasteiger partial charge in [-0.15, -0.1) is 0 Å². The van der Waals surface area contributed by atoms with E-state index in [0.29, 0.717) is 0 Å². The van der Waals surface area contributed by atoms with E-state index in [1.807, 2.05) is 24.8 Å². The smallest absolute Gasteiger partial charge is 0.115 e. The van der Waals surface area contributed by atoms with Crippen LogP contribution in [0.2, 0.25) is 0 Å². The number of nitrogens with zero attached hydrogens (tertiary/aromatic N) is 4. The minimum Gasteiger partial charge on any atom is -0.244 e. The molecule has 8 aromatic carbocycles. The molecule has 2 aromatic heterocycles. The molecule has 0 atom stereocenters. The summed E-state index contributed by atoms with van der Waals surface area (Å²) in [6.45, 7) is 4.70. The van der Waals surface area contributed by atoms with Crippen molar-refractivity contribution in [2.24, 2.45) is 0 Å². The van der Waals surface area contributed by atoms with Gasteiger partial charge in [0.25, 0.3) is 0 Å². The topological polar surface area (TPSA) is 51.6 Å². The normalized spacial score (nSPS) is 14.4. The first-order valence-corrected chi connectivity index (χ1v) is 22.9. The second-order valence-corrected chi connectivity index (χ2v) is 18.2. The summed E-state index contributed by atoms with van der Waals surface area (Å²) in [5.74, 6) is 0. The average molecular weight is 855 g/mol. The highest BCUT2D eigenvalue weighted by atomic mass is 14.8. The van der Waals surface area contributed by atoms with Gasteiger partial charge in [0, 0.05) is 52.5 Å². The number of fused-ring (bicyclic) bond motifs is 7. The zero-order valence-electron chi connectivity index (χ0n) is 37.1. The molecule has 3 aliphatic rings. The molecule has 10 aromatic rings. The molecule has 0 saturated heterocycles. The minimum atomic E-state index is -0.130. The van der Waals surface area contributed by atoms with Crippen LogP contribution >= 0.6 is 0 Å². The Morgan fingerprint density at radius 2 is 0.791 bits per heavy atom. The number of hydrogen-bond acceptors (Lipinski definition) is 4. The molecule has 13 rings (SSSR count). The average Bonchev–Trinajstić information content (AvgIpc) is 3.99. The summed E-state index contributed by atoms with van der Waals surface area (Å²) in [6, 6.07) is 67.1. The lowest BCUT2D eigenvalue weighted by Crippen LogP contribution is -2.14. The van der Waals surface area contributed by atoms with Crippen molar-refractivity contribution in [2.75, 3.05) is 0 Å². The zero-order valence-corrected chi connectivity index (χ0v) is 37.1. The van der Waals surface area contributed by atoms with Crippen molar-refractivity contribution in [3.63, 3.8) is 0 Å². The fraction of sp³-hybridized carbons (Fsp3) is 0.0476. The monoisotopic (exact) mass is 854 g/mol. The van der Waals surface area contributed by atoms with Gasteiger partial charge >= 0.3 is 0 Å². The second-order valence-electron chi connectivity index (χ2n) is 18.2. The van der Waals surface area contributed by atoms with Crippen LogP contribution < -0.4 is 0 Å². The highest BCUT2D eigenvalue weighted by molar-refractivity contribution is 6.39. The summed E-state index contributed by atoms with van der Waals surface area (Å²) in [5, 5.41) is 2.47. The molecule has 2 heterocycles. The fourth-order valence-corrected chi connectivity index (χ4v) is 11.2. The molecule has 0 N–H and O–H groups in total. The van der Waals surface area contributed by atoms with Gasteiger partial charge in [-0.05, 0) is 135 Å². The predicted octanol–water partition coefficient (Wildman–Crippen LogP) is 15.1. The molecule has 0 spiro atoms. The Morgan fingerprint density at radius 1 is 0.284 bits per heavy atom. The molecule has 4 heteroatoms. The van der Waals surface area contributed by atoms with E-state index in [1.54, 1.807) is 12.7 Å².